The van der Waals surface area contributed by atoms with Crippen molar-refractivity contribution in [3.63, 3.8) is 0 Å². The summed E-state index contributed by atoms with van der Waals surface area (Å²) in [5, 5.41) is 7.26. The van der Waals surface area contributed by atoms with E-state index in [-0.39, 0.29) is 5.91 Å². The fourth-order valence-electron chi connectivity index (χ4n) is 3.02. The van der Waals surface area contributed by atoms with E-state index < -0.39 is 0 Å². The average Bonchev–Trinajstić information content (AvgIpc) is 3.39. The van der Waals surface area contributed by atoms with Gasteiger partial charge in [0.05, 0.1) is 16.0 Å². The molecule has 27 heavy (non-hydrogen) atoms. The number of nitrogens with zero attached hydrogens (tertiary/aromatic N) is 3. The maximum Gasteiger partial charge on any atom is 0.271 e. The molecule has 3 heterocycles. The topological polar surface area (TPSA) is 57.6 Å². The molecule has 4 rings (SSSR count). The molecule has 0 atom stereocenters. The number of rotatable bonds is 5. The minimum atomic E-state index is -0.217. The predicted octanol–water partition coefficient (Wildman–Crippen LogP) is 4.63. The molecule has 3 aromatic rings. The van der Waals surface area contributed by atoms with E-state index in [9.17, 15) is 4.79 Å². The van der Waals surface area contributed by atoms with Gasteiger partial charge in [-0.15, -0.1) is 11.3 Å². The molecule has 0 unspecified atom stereocenters. The standard InChI is InChI=1S/C20H20N4OS2/c25-19(15-8-3-1-4-9-15)23-21-14-17-18(16-10-7-13-26-16)22-20(27-17)24-11-5-2-6-12-24/h1,3-4,7-10,13-14H,2,5-6,11-12H2,(H,23,25). The summed E-state index contributed by atoms with van der Waals surface area (Å²) in [4.78, 5) is 21.5. The van der Waals surface area contributed by atoms with Crippen molar-refractivity contribution in [2.24, 2.45) is 5.10 Å². The lowest BCUT2D eigenvalue weighted by molar-refractivity contribution is 0.0955. The van der Waals surface area contributed by atoms with E-state index in [1.165, 1.54) is 19.3 Å². The van der Waals surface area contributed by atoms with E-state index in [2.05, 4.69) is 21.5 Å². The number of piperidine rings is 1. The Hall–Kier alpha value is -2.51. The van der Waals surface area contributed by atoms with Crippen molar-refractivity contribution in [1.82, 2.24) is 10.4 Å². The molecule has 1 aliphatic rings. The largest absolute Gasteiger partial charge is 0.348 e. The summed E-state index contributed by atoms with van der Waals surface area (Å²) < 4.78 is 0. The third-order valence-electron chi connectivity index (χ3n) is 4.41. The quantitative estimate of drug-likeness (QED) is 0.505. The Morgan fingerprint density at radius 1 is 1.11 bits per heavy atom. The molecule has 0 aliphatic carbocycles. The Morgan fingerprint density at radius 2 is 1.93 bits per heavy atom. The van der Waals surface area contributed by atoms with Crippen LogP contribution in [0.15, 0.2) is 52.9 Å². The van der Waals surface area contributed by atoms with E-state index in [1.807, 2.05) is 29.6 Å². The lowest BCUT2D eigenvalue weighted by Gasteiger charge is -2.25. The number of aromatic nitrogens is 1. The van der Waals surface area contributed by atoms with Crippen LogP contribution in [0.3, 0.4) is 0 Å². The highest BCUT2D eigenvalue weighted by Gasteiger charge is 2.19. The zero-order chi connectivity index (χ0) is 18.5. The van der Waals surface area contributed by atoms with Gasteiger partial charge in [0, 0.05) is 18.7 Å². The number of hydrazone groups is 1. The molecule has 5 nitrogen and oxygen atoms in total. The zero-order valence-electron chi connectivity index (χ0n) is 14.8. The molecular weight excluding hydrogens is 376 g/mol. The second kappa shape index (κ2) is 8.45. The molecule has 7 heteroatoms. The van der Waals surface area contributed by atoms with Gasteiger partial charge >= 0.3 is 0 Å². The van der Waals surface area contributed by atoms with Gasteiger partial charge in [-0.25, -0.2) is 10.4 Å². The van der Waals surface area contributed by atoms with Crippen molar-refractivity contribution >= 4 is 39.9 Å². The molecule has 0 bridgehead atoms. The van der Waals surface area contributed by atoms with Crippen LogP contribution in [0.25, 0.3) is 10.6 Å². The molecule has 0 spiro atoms. The Balaban J connectivity index is 1.55. The molecule has 1 aromatic carbocycles. The number of anilines is 1. The Bertz CT molecular complexity index is 913. The van der Waals surface area contributed by atoms with E-state index in [0.29, 0.717) is 5.56 Å². The molecule has 1 N–H and O–H groups in total. The molecule has 138 valence electrons. The normalized spacial score (nSPS) is 14.6. The van der Waals surface area contributed by atoms with Crippen LogP contribution in [0.5, 0.6) is 0 Å². The molecular formula is C20H20N4OS2. The van der Waals surface area contributed by atoms with Crippen LogP contribution in [0.2, 0.25) is 0 Å². The minimum Gasteiger partial charge on any atom is -0.348 e. The molecule has 1 aliphatic heterocycles. The fourth-order valence-corrected chi connectivity index (χ4v) is 4.82. The maximum atomic E-state index is 12.2. The highest BCUT2D eigenvalue weighted by Crippen LogP contribution is 2.35. The lowest BCUT2D eigenvalue weighted by atomic mass is 10.1. The molecule has 0 saturated carbocycles. The number of hydrogen-bond acceptors (Lipinski definition) is 6. The molecule has 0 radical (unpaired) electrons. The molecule has 2 aromatic heterocycles. The number of thiophene rings is 1. The van der Waals surface area contributed by atoms with Crippen LogP contribution < -0.4 is 10.3 Å². The van der Waals surface area contributed by atoms with Crippen molar-refractivity contribution in [2.45, 2.75) is 19.3 Å². The lowest BCUT2D eigenvalue weighted by Crippen LogP contribution is -2.29. The minimum absolute atomic E-state index is 0.217. The van der Waals surface area contributed by atoms with Gasteiger partial charge in [-0.05, 0) is 42.8 Å². The summed E-state index contributed by atoms with van der Waals surface area (Å²) in [5.41, 5.74) is 4.14. The first-order chi connectivity index (χ1) is 13.3. The third-order valence-corrected chi connectivity index (χ3v) is 6.33. The van der Waals surface area contributed by atoms with E-state index in [0.717, 1.165) is 33.7 Å². The summed E-state index contributed by atoms with van der Waals surface area (Å²) in [6.07, 6.45) is 5.43. The van der Waals surface area contributed by atoms with Gasteiger partial charge in [0.1, 0.15) is 5.69 Å². The summed E-state index contributed by atoms with van der Waals surface area (Å²) in [6.45, 7) is 2.11. The second-order valence-corrected chi connectivity index (χ2v) is 8.26. The zero-order valence-corrected chi connectivity index (χ0v) is 16.4. The van der Waals surface area contributed by atoms with Crippen LogP contribution in [-0.4, -0.2) is 30.2 Å². The summed E-state index contributed by atoms with van der Waals surface area (Å²) in [6, 6.07) is 13.2. The number of hydrogen-bond donors (Lipinski definition) is 1. The van der Waals surface area contributed by atoms with Gasteiger partial charge in [0.25, 0.3) is 5.91 Å². The first-order valence-corrected chi connectivity index (χ1v) is 10.7. The number of carbonyl (C=O) groups is 1. The summed E-state index contributed by atoms with van der Waals surface area (Å²) in [5.74, 6) is -0.217. The Morgan fingerprint density at radius 3 is 2.67 bits per heavy atom. The summed E-state index contributed by atoms with van der Waals surface area (Å²) >= 11 is 3.30. The predicted molar refractivity (Wildman–Crippen MR) is 113 cm³/mol. The first kappa shape index (κ1) is 17.9. The second-order valence-electron chi connectivity index (χ2n) is 6.30. The Labute approximate surface area is 166 Å². The number of amides is 1. The van der Waals surface area contributed by atoms with Crippen molar-refractivity contribution < 1.29 is 4.79 Å². The van der Waals surface area contributed by atoms with Crippen LogP contribution in [0.1, 0.15) is 34.5 Å². The smallest absolute Gasteiger partial charge is 0.271 e. The molecule has 1 saturated heterocycles. The SMILES string of the molecule is O=C(NN=Cc1sc(N2CCCCC2)nc1-c1cccs1)c1ccccc1. The Kier molecular flexibility index (Phi) is 5.60. The molecule has 1 amide bonds. The van der Waals surface area contributed by atoms with Crippen molar-refractivity contribution in [3.8, 4) is 10.6 Å². The monoisotopic (exact) mass is 396 g/mol. The van der Waals surface area contributed by atoms with Crippen molar-refractivity contribution in [2.75, 3.05) is 18.0 Å². The highest BCUT2D eigenvalue weighted by molar-refractivity contribution is 7.18. The number of thiazole rings is 1. The number of benzene rings is 1. The van der Waals surface area contributed by atoms with Gasteiger partial charge < -0.3 is 4.90 Å². The van der Waals surface area contributed by atoms with Gasteiger partial charge in [-0.1, -0.05) is 35.6 Å². The van der Waals surface area contributed by atoms with Crippen LogP contribution in [0, 0.1) is 0 Å². The van der Waals surface area contributed by atoms with E-state index in [1.54, 1.807) is 41.0 Å². The van der Waals surface area contributed by atoms with Crippen molar-refractivity contribution in [1.29, 1.82) is 0 Å². The van der Waals surface area contributed by atoms with Gasteiger partial charge in [-0.2, -0.15) is 5.10 Å². The maximum absolute atomic E-state index is 12.2. The summed E-state index contributed by atoms with van der Waals surface area (Å²) in [7, 11) is 0. The van der Waals surface area contributed by atoms with E-state index in [4.69, 9.17) is 4.98 Å². The molecule has 1 fully saturated rings. The fraction of sp³-hybridized carbons (Fsp3) is 0.250. The number of nitrogens with one attached hydrogen (secondary N) is 1. The highest BCUT2D eigenvalue weighted by atomic mass is 32.1. The number of carbonyl (C=O) groups excluding carboxylic acids is 1. The van der Waals surface area contributed by atoms with Gasteiger partial charge in [0.15, 0.2) is 5.13 Å². The van der Waals surface area contributed by atoms with Crippen LogP contribution in [0.4, 0.5) is 5.13 Å². The van der Waals surface area contributed by atoms with E-state index >= 15 is 0 Å². The van der Waals surface area contributed by atoms with Gasteiger partial charge in [0.2, 0.25) is 0 Å². The van der Waals surface area contributed by atoms with Crippen molar-refractivity contribution in [3.05, 3.63) is 58.3 Å². The first-order valence-electron chi connectivity index (χ1n) is 8.99. The average molecular weight is 397 g/mol. The van der Waals surface area contributed by atoms with Crippen LogP contribution in [-0.2, 0) is 0 Å². The van der Waals surface area contributed by atoms with Gasteiger partial charge in [-0.3, -0.25) is 4.79 Å². The third kappa shape index (κ3) is 4.26. The van der Waals surface area contributed by atoms with Crippen LogP contribution >= 0.6 is 22.7 Å².